The van der Waals surface area contributed by atoms with Gasteiger partial charge in [0.2, 0.25) is 0 Å². The average Bonchev–Trinajstić information content (AvgIpc) is 3.05. The lowest BCUT2D eigenvalue weighted by molar-refractivity contribution is -0.116. The van der Waals surface area contributed by atoms with Gasteiger partial charge in [-0.1, -0.05) is 92.9 Å². The van der Waals surface area contributed by atoms with Crippen molar-refractivity contribution in [3.8, 4) is 0 Å². The second-order valence-corrected chi connectivity index (χ2v) is 11.9. The first kappa shape index (κ1) is 45.1. The Bertz CT molecular complexity index is 1230. The molecule has 1 heterocycles. The van der Waals surface area contributed by atoms with Crippen LogP contribution in [-0.2, 0) is 11.2 Å². The molecule has 5 nitrogen and oxygen atoms in total. The summed E-state index contributed by atoms with van der Waals surface area (Å²) in [7, 11) is 1.93. The molecule has 0 spiro atoms. The van der Waals surface area contributed by atoms with Crippen LogP contribution in [0.1, 0.15) is 112 Å². The van der Waals surface area contributed by atoms with Gasteiger partial charge in [-0.15, -0.1) is 0 Å². The number of rotatable bonds is 12. The standard InChI is InChI=1S/C16H27N.C12H18O.C9H11N.C5H10N2/c1-5-13(2)14(3)11-12-16(17-4)15-9-7-6-8-10-15;1-4-6-7-9-12(8-5-2)10-11(3)13;1-8(2)7-9-3-5-10-6-4-9;1-5(7)3-2-4-6/h11-12,15H,5-10H2,1-4H3;5-9H,4,10H2,1-3H3;3-6H,1,7H2,2H3;2-4H,6-7H2,1H3/b12-11-,14-13+,17-16?;7-6+,8-5-,12-9+;;4-2-,5-3-. The monoisotopic (exact) mass is 643 g/mol. The zero-order valence-electron chi connectivity index (χ0n) is 31.2. The minimum atomic E-state index is 0.203. The van der Waals surface area contributed by atoms with Gasteiger partial charge < -0.3 is 11.5 Å². The third kappa shape index (κ3) is 28.0. The van der Waals surface area contributed by atoms with E-state index in [9.17, 15) is 4.79 Å². The van der Waals surface area contributed by atoms with Gasteiger partial charge in [0.25, 0.3) is 0 Å². The van der Waals surface area contributed by atoms with E-state index in [0.717, 1.165) is 30.5 Å². The summed E-state index contributed by atoms with van der Waals surface area (Å²) in [6.45, 7) is 19.9. The van der Waals surface area contributed by atoms with E-state index in [4.69, 9.17) is 11.5 Å². The molecule has 0 saturated heterocycles. The van der Waals surface area contributed by atoms with E-state index < -0.39 is 0 Å². The highest BCUT2D eigenvalue weighted by atomic mass is 16.1. The Labute approximate surface area is 288 Å². The Hall–Kier alpha value is -3.99. The van der Waals surface area contributed by atoms with Gasteiger partial charge in [0, 0.05) is 43.2 Å². The van der Waals surface area contributed by atoms with E-state index in [1.165, 1.54) is 66.3 Å². The zero-order chi connectivity index (χ0) is 35.9. The molecule has 1 fully saturated rings. The van der Waals surface area contributed by atoms with Crippen LogP contribution in [0, 0.1) is 5.92 Å². The Kier molecular flexibility index (Phi) is 29.4. The summed E-state index contributed by atoms with van der Waals surface area (Å²) < 4.78 is 0. The van der Waals surface area contributed by atoms with Crippen LogP contribution in [-0.4, -0.2) is 23.5 Å². The molecule has 1 aliphatic rings. The molecule has 1 aromatic rings. The lowest BCUT2D eigenvalue weighted by Gasteiger charge is -2.21. The number of pyridine rings is 1. The van der Waals surface area contributed by atoms with Crippen molar-refractivity contribution in [3.63, 3.8) is 0 Å². The maximum Gasteiger partial charge on any atom is 0.134 e. The third-order valence-corrected chi connectivity index (χ3v) is 7.23. The number of hydrogen-bond acceptors (Lipinski definition) is 5. The molecule has 5 heteroatoms. The van der Waals surface area contributed by atoms with E-state index in [1.54, 1.807) is 38.4 Å². The highest BCUT2D eigenvalue weighted by Crippen LogP contribution is 2.25. The minimum absolute atomic E-state index is 0.203. The molecule has 0 bridgehead atoms. The number of aromatic nitrogens is 1. The van der Waals surface area contributed by atoms with Crippen molar-refractivity contribution in [2.24, 2.45) is 22.4 Å². The fraction of sp³-hybridized carbons (Fsp3) is 0.452. The van der Waals surface area contributed by atoms with Crippen LogP contribution in [0.5, 0.6) is 0 Å². The summed E-state index contributed by atoms with van der Waals surface area (Å²) in [5.74, 6) is 0.911. The molecule has 0 amide bonds. The maximum atomic E-state index is 10.9. The Morgan fingerprint density at radius 1 is 0.979 bits per heavy atom. The molecule has 1 saturated carbocycles. The zero-order valence-corrected chi connectivity index (χ0v) is 31.2. The predicted octanol–water partition coefficient (Wildman–Crippen LogP) is 10.9. The Balaban J connectivity index is 0. The molecule has 1 aliphatic carbocycles. The minimum Gasteiger partial charge on any atom is -0.405 e. The maximum absolute atomic E-state index is 10.9. The van der Waals surface area contributed by atoms with Gasteiger partial charge in [-0.25, -0.2) is 0 Å². The van der Waals surface area contributed by atoms with Gasteiger partial charge in [-0.3, -0.25) is 14.8 Å². The van der Waals surface area contributed by atoms with Gasteiger partial charge in [0.05, 0.1) is 0 Å². The predicted molar refractivity (Wildman–Crippen MR) is 209 cm³/mol. The summed E-state index contributed by atoms with van der Waals surface area (Å²) in [6, 6.07) is 4.02. The highest BCUT2D eigenvalue weighted by molar-refractivity contribution is 5.97. The SMILES string of the molecule is C/C(N)=C/C=C\N.C=C(C)Cc1ccncc1.CC/C(C)=C(C)/C=C\C(=NC)C1CCCCC1.C\C=C/C(=C\C=C\CC)CC(C)=O. The van der Waals surface area contributed by atoms with E-state index in [1.807, 2.05) is 57.3 Å². The third-order valence-electron chi connectivity index (χ3n) is 7.23. The molecule has 0 aromatic carbocycles. The second kappa shape index (κ2) is 30.7. The molecule has 0 radical (unpaired) electrons. The fourth-order valence-electron chi connectivity index (χ4n) is 4.48. The number of carbonyl (C=O) groups excluding carboxylic acids is 1. The van der Waals surface area contributed by atoms with Crippen LogP contribution in [0.2, 0.25) is 0 Å². The Morgan fingerprint density at radius 3 is 2.06 bits per heavy atom. The van der Waals surface area contributed by atoms with Crippen molar-refractivity contribution in [2.45, 2.75) is 113 Å². The molecule has 47 heavy (non-hydrogen) atoms. The number of ketones is 1. The normalized spacial score (nSPS) is 15.0. The van der Waals surface area contributed by atoms with Gasteiger partial charge in [0.15, 0.2) is 0 Å². The lowest BCUT2D eigenvalue weighted by Crippen LogP contribution is -2.15. The van der Waals surface area contributed by atoms with Gasteiger partial charge >= 0.3 is 0 Å². The van der Waals surface area contributed by atoms with Crippen LogP contribution in [0.3, 0.4) is 0 Å². The number of allylic oxidation sites excluding steroid dienone is 14. The number of aliphatic imine (C=N–C) groups is 1. The first-order valence-corrected chi connectivity index (χ1v) is 17.1. The Morgan fingerprint density at radius 2 is 1.62 bits per heavy atom. The van der Waals surface area contributed by atoms with E-state index in [0.29, 0.717) is 12.3 Å². The summed E-state index contributed by atoms with van der Waals surface area (Å²) in [5, 5.41) is 0. The molecule has 4 N–H and O–H groups in total. The number of nitrogens with zero attached hydrogens (tertiary/aromatic N) is 2. The molecule has 0 unspecified atom stereocenters. The van der Waals surface area contributed by atoms with E-state index in [2.05, 4.69) is 62.5 Å². The summed E-state index contributed by atoms with van der Waals surface area (Å²) in [5.41, 5.74) is 18.7. The molecular formula is C42H66N4O. The van der Waals surface area contributed by atoms with Crippen molar-refractivity contribution in [1.82, 2.24) is 4.98 Å². The van der Waals surface area contributed by atoms with Crippen molar-refractivity contribution in [1.29, 1.82) is 0 Å². The molecule has 1 aromatic heterocycles. The van der Waals surface area contributed by atoms with Crippen molar-refractivity contribution in [2.75, 3.05) is 7.05 Å². The topological polar surface area (TPSA) is 94.4 Å². The molecule has 260 valence electrons. The van der Waals surface area contributed by atoms with Crippen LogP contribution in [0.4, 0.5) is 0 Å². The molecule has 2 rings (SSSR count). The number of Topliss-reactive ketones (excluding diaryl/α,β-unsaturated/α-hetero) is 1. The summed E-state index contributed by atoms with van der Waals surface area (Å²) in [4.78, 5) is 19.3. The number of hydrogen-bond donors (Lipinski definition) is 2. The molecular weight excluding hydrogens is 576 g/mol. The van der Waals surface area contributed by atoms with Gasteiger partial charge in [-0.05, 0) is 121 Å². The highest BCUT2D eigenvalue weighted by Gasteiger charge is 2.16. The average molecular weight is 643 g/mol. The van der Waals surface area contributed by atoms with Crippen LogP contribution in [0.15, 0.2) is 125 Å². The van der Waals surface area contributed by atoms with Crippen LogP contribution >= 0.6 is 0 Å². The summed E-state index contributed by atoms with van der Waals surface area (Å²) >= 11 is 0. The van der Waals surface area contributed by atoms with Crippen molar-refractivity contribution in [3.05, 3.63) is 126 Å². The number of nitrogens with two attached hydrogens (primary N) is 2. The fourth-order valence-corrected chi connectivity index (χ4v) is 4.48. The number of carbonyl (C=O) groups is 1. The van der Waals surface area contributed by atoms with Crippen molar-refractivity contribution < 1.29 is 4.79 Å². The first-order chi connectivity index (χ1) is 22.4. The van der Waals surface area contributed by atoms with E-state index in [-0.39, 0.29) is 5.78 Å². The van der Waals surface area contributed by atoms with Crippen LogP contribution in [0.25, 0.3) is 0 Å². The van der Waals surface area contributed by atoms with Gasteiger partial charge in [0.1, 0.15) is 5.78 Å². The lowest BCUT2D eigenvalue weighted by atomic mass is 9.85. The first-order valence-electron chi connectivity index (χ1n) is 17.1. The van der Waals surface area contributed by atoms with E-state index >= 15 is 0 Å². The van der Waals surface area contributed by atoms with Gasteiger partial charge in [-0.2, -0.15) is 0 Å². The molecule has 0 aliphatic heterocycles. The smallest absolute Gasteiger partial charge is 0.134 e. The second-order valence-electron chi connectivity index (χ2n) is 11.9. The quantitative estimate of drug-likeness (QED) is 0.135. The largest absolute Gasteiger partial charge is 0.405 e. The van der Waals surface area contributed by atoms with Crippen LogP contribution < -0.4 is 11.5 Å². The molecule has 0 atom stereocenters. The summed E-state index contributed by atoms with van der Waals surface area (Å²) in [6.07, 6.45) is 33.4. The van der Waals surface area contributed by atoms with Crippen molar-refractivity contribution >= 4 is 11.5 Å².